The van der Waals surface area contributed by atoms with Gasteiger partial charge in [-0.25, -0.2) is 0 Å². The summed E-state index contributed by atoms with van der Waals surface area (Å²) in [5, 5.41) is 16.2. The van der Waals surface area contributed by atoms with Crippen LogP contribution in [0.2, 0.25) is 0 Å². The first-order valence-corrected chi connectivity index (χ1v) is 7.70. The number of hydrogen-bond acceptors (Lipinski definition) is 4. The van der Waals surface area contributed by atoms with E-state index in [0.29, 0.717) is 5.56 Å². The highest BCUT2D eigenvalue weighted by molar-refractivity contribution is 5.63. The van der Waals surface area contributed by atoms with Crippen LogP contribution in [-0.2, 0) is 6.54 Å². The number of H-pyrrole nitrogens is 1. The number of likely N-dealkylation sites (N-methyl/N-ethyl adjacent to an activating group) is 1. The number of nitriles is 1. The molecule has 0 bridgehead atoms. The minimum atomic E-state index is 0.674. The first kappa shape index (κ1) is 14.8. The molecule has 1 aromatic carbocycles. The molecule has 0 unspecified atom stereocenters. The fourth-order valence-corrected chi connectivity index (χ4v) is 2.68. The van der Waals surface area contributed by atoms with Crippen LogP contribution in [0.5, 0.6) is 0 Å². The third kappa shape index (κ3) is 3.35. The molecular weight excluding hydrogens is 274 g/mol. The molecule has 5 heteroatoms. The van der Waals surface area contributed by atoms with E-state index in [1.807, 2.05) is 30.5 Å². The van der Waals surface area contributed by atoms with Crippen molar-refractivity contribution in [2.24, 2.45) is 0 Å². The van der Waals surface area contributed by atoms with Gasteiger partial charge in [0.15, 0.2) is 0 Å². The van der Waals surface area contributed by atoms with Crippen LogP contribution < -0.4 is 0 Å². The number of likely N-dealkylation sites (tertiary alicyclic amines) is 1. The summed E-state index contributed by atoms with van der Waals surface area (Å²) in [4.78, 5) is 4.81. The van der Waals surface area contributed by atoms with Gasteiger partial charge in [0, 0.05) is 37.0 Å². The summed E-state index contributed by atoms with van der Waals surface area (Å²) < 4.78 is 0. The Hall–Kier alpha value is -2.16. The first-order chi connectivity index (χ1) is 10.8. The largest absolute Gasteiger partial charge is 0.302 e. The van der Waals surface area contributed by atoms with Crippen molar-refractivity contribution in [3.05, 3.63) is 41.6 Å². The minimum Gasteiger partial charge on any atom is -0.302 e. The van der Waals surface area contributed by atoms with Gasteiger partial charge in [0.05, 0.1) is 17.3 Å². The molecular formula is C17H21N5. The van der Waals surface area contributed by atoms with Gasteiger partial charge >= 0.3 is 0 Å². The minimum absolute atomic E-state index is 0.674. The van der Waals surface area contributed by atoms with E-state index >= 15 is 0 Å². The van der Waals surface area contributed by atoms with Crippen molar-refractivity contribution in [2.75, 3.05) is 33.2 Å². The number of aromatic nitrogens is 2. The predicted molar refractivity (Wildman–Crippen MR) is 86.1 cm³/mol. The molecule has 0 atom stereocenters. The van der Waals surface area contributed by atoms with E-state index in [4.69, 9.17) is 5.26 Å². The van der Waals surface area contributed by atoms with Crippen LogP contribution in [0, 0.1) is 11.3 Å². The van der Waals surface area contributed by atoms with Crippen molar-refractivity contribution in [1.82, 2.24) is 20.0 Å². The highest BCUT2D eigenvalue weighted by atomic mass is 15.2. The summed E-state index contributed by atoms with van der Waals surface area (Å²) in [6.07, 6.45) is 3.31. The Morgan fingerprint density at radius 1 is 1.32 bits per heavy atom. The molecule has 3 rings (SSSR count). The van der Waals surface area contributed by atoms with Gasteiger partial charge in [-0.2, -0.15) is 10.4 Å². The van der Waals surface area contributed by atoms with Crippen LogP contribution in [0.4, 0.5) is 0 Å². The Kier molecular flexibility index (Phi) is 4.52. The van der Waals surface area contributed by atoms with Crippen molar-refractivity contribution in [1.29, 1.82) is 5.26 Å². The average molecular weight is 295 g/mol. The lowest BCUT2D eigenvalue weighted by atomic mass is 10.1. The summed E-state index contributed by atoms with van der Waals surface area (Å²) >= 11 is 0. The smallest absolute Gasteiger partial charge is 0.0991 e. The van der Waals surface area contributed by atoms with E-state index < -0.39 is 0 Å². The molecule has 0 radical (unpaired) electrons. The van der Waals surface area contributed by atoms with E-state index in [2.05, 4.69) is 33.1 Å². The molecule has 5 nitrogen and oxygen atoms in total. The maximum Gasteiger partial charge on any atom is 0.0991 e. The van der Waals surface area contributed by atoms with Crippen molar-refractivity contribution >= 4 is 0 Å². The van der Waals surface area contributed by atoms with E-state index in [-0.39, 0.29) is 0 Å². The second kappa shape index (κ2) is 6.73. The number of hydrogen-bond donors (Lipinski definition) is 1. The Labute approximate surface area is 131 Å². The van der Waals surface area contributed by atoms with Gasteiger partial charge in [0.1, 0.15) is 0 Å². The predicted octanol–water partition coefficient (Wildman–Crippen LogP) is 2.09. The lowest BCUT2D eigenvalue weighted by molar-refractivity contribution is 0.156. The van der Waals surface area contributed by atoms with E-state index in [0.717, 1.165) is 30.9 Å². The van der Waals surface area contributed by atoms with Gasteiger partial charge in [0.25, 0.3) is 0 Å². The highest BCUT2D eigenvalue weighted by Gasteiger charge is 2.15. The quantitative estimate of drug-likeness (QED) is 0.886. The normalized spacial score (nSPS) is 14.8. The molecule has 2 aromatic rings. The van der Waals surface area contributed by atoms with Gasteiger partial charge in [-0.1, -0.05) is 12.1 Å². The molecule has 0 spiro atoms. The van der Waals surface area contributed by atoms with Crippen LogP contribution in [0.3, 0.4) is 0 Å². The second-order valence-electron chi connectivity index (χ2n) is 5.88. The molecule has 0 aliphatic carbocycles. The molecule has 0 amide bonds. The maximum absolute atomic E-state index is 8.88. The zero-order chi connectivity index (χ0) is 15.4. The monoisotopic (exact) mass is 295 g/mol. The fraction of sp³-hybridized carbons (Fsp3) is 0.412. The SMILES string of the molecule is CN(CCN1CCC1)Cc1c[nH]nc1-c1ccc(C#N)cc1. The fourth-order valence-electron chi connectivity index (χ4n) is 2.68. The number of nitrogens with one attached hydrogen (secondary N) is 1. The standard InChI is InChI=1S/C17H21N5/c1-21(9-10-22-7-2-8-22)13-16-12-19-20-17(16)15-5-3-14(11-18)4-6-15/h3-6,12H,2,7-10,13H2,1H3,(H,19,20). The topological polar surface area (TPSA) is 58.9 Å². The average Bonchev–Trinajstić information content (AvgIpc) is 2.94. The summed E-state index contributed by atoms with van der Waals surface area (Å²) in [7, 11) is 2.15. The Bertz CT molecular complexity index is 648. The summed E-state index contributed by atoms with van der Waals surface area (Å²) in [6.45, 7) is 5.57. The zero-order valence-electron chi connectivity index (χ0n) is 12.9. The van der Waals surface area contributed by atoms with Crippen LogP contribution in [0.1, 0.15) is 17.5 Å². The van der Waals surface area contributed by atoms with Crippen LogP contribution >= 0.6 is 0 Å². The van der Waals surface area contributed by atoms with E-state index in [1.165, 1.54) is 25.1 Å². The zero-order valence-corrected chi connectivity index (χ0v) is 12.9. The Morgan fingerprint density at radius 3 is 2.73 bits per heavy atom. The number of nitrogens with zero attached hydrogens (tertiary/aromatic N) is 4. The molecule has 1 N–H and O–H groups in total. The highest BCUT2D eigenvalue weighted by Crippen LogP contribution is 2.22. The molecule has 1 aromatic heterocycles. The van der Waals surface area contributed by atoms with Crippen molar-refractivity contribution in [3.8, 4) is 17.3 Å². The number of benzene rings is 1. The van der Waals surface area contributed by atoms with E-state index in [9.17, 15) is 0 Å². The van der Waals surface area contributed by atoms with Crippen LogP contribution in [0.25, 0.3) is 11.3 Å². The third-order valence-electron chi connectivity index (χ3n) is 4.19. The lowest BCUT2D eigenvalue weighted by Crippen LogP contribution is -2.41. The second-order valence-corrected chi connectivity index (χ2v) is 5.88. The number of rotatable bonds is 6. The van der Waals surface area contributed by atoms with Gasteiger partial charge in [-0.3, -0.25) is 5.10 Å². The molecule has 22 heavy (non-hydrogen) atoms. The van der Waals surface area contributed by atoms with Gasteiger partial charge in [-0.15, -0.1) is 0 Å². The van der Waals surface area contributed by atoms with Crippen molar-refractivity contribution < 1.29 is 0 Å². The summed E-state index contributed by atoms with van der Waals surface area (Å²) in [6, 6.07) is 9.73. The van der Waals surface area contributed by atoms with Gasteiger partial charge < -0.3 is 9.80 Å². The van der Waals surface area contributed by atoms with Crippen LogP contribution in [-0.4, -0.2) is 53.2 Å². The molecule has 2 heterocycles. The third-order valence-corrected chi connectivity index (χ3v) is 4.19. The summed E-state index contributed by atoms with van der Waals surface area (Å²) in [5.74, 6) is 0. The van der Waals surface area contributed by atoms with Gasteiger partial charge in [0.2, 0.25) is 0 Å². The molecule has 1 aliphatic heterocycles. The van der Waals surface area contributed by atoms with Gasteiger partial charge in [-0.05, 0) is 38.7 Å². The molecule has 1 aliphatic rings. The van der Waals surface area contributed by atoms with Crippen molar-refractivity contribution in [2.45, 2.75) is 13.0 Å². The van der Waals surface area contributed by atoms with Crippen molar-refractivity contribution in [3.63, 3.8) is 0 Å². The molecule has 0 saturated carbocycles. The molecule has 1 fully saturated rings. The van der Waals surface area contributed by atoms with Crippen LogP contribution in [0.15, 0.2) is 30.5 Å². The maximum atomic E-state index is 8.88. The molecule has 1 saturated heterocycles. The lowest BCUT2D eigenvalue weighted by Gasteiger charge is -2.32. The Balaban J connectivity index is 1.64. The number of aromatic amines is 1. The van der Waals surface area contributed by atoms with E-state index in [1.54, 1.807) is 0 Å². The Morgan fingerprint density at radius 2 is 2.09 bits per heavy atom. The molecule has 114 valence electrons. The summed E-state index contributed by atoms with van der Waals surface area (Å²) in [5.41, 5.74) is 3.88. The first-order valence-electron chi connectivity index (χ1n) is 7.70.